The molecule has 2 N–H and O–H groups in total. The molecule has 0 saturated carbocycles. The van der Waals surface area contributed by atoms with Gasteiger partial charge >= 0.3 is 0 Å². The van der Waals surface area contributed by atoms with Gasteiger partial charge in [0, 0.05) is 19.0 Å². The molecule has 0 spiro atoms. The fourth-order valence-corrected chi connectivity index (χ4v) is 4.50. The Labute approximate surface area is 130 Å². The Balaban J connectivity index is 1.88. The van der Waals surface area contributed by atoms with Crippen LogP contribution in [0.1, 0.15) is 17.2 Å². The van der Waals surface area contributed by atoms with Crippen molar-refractivity contribution in [3.8, 4) is 0 Å². The topological polar surface area (TPSA) is 76.5 Å². The minimum absolute atomic E-state index is 0.00878. The molecule has 0 bridgehead atoms. The zero-order valence-electron chi connectivity index (χ0n) is 12.5. The molecule has 3 rings (SSSR count). The normalized spacial score (nSPS) is 23.0. The van der Waals surface area contributed by atoms with E-state index >= 15 is 0 Å². The molecule has 1 fully saturated rings. The molecule has 0 amide bonds. The highest BCUT2D eigenvalue weighted by Crippen LogP contribution is 2.35. The lowest BCUT2D eigenvalue weighted by Crippen LogP contribution is -2.29. The van der Waals surface area contributed by atoms with Gasteiger partial charge in [-0.15, -0.1) is 0 Å². The number of sulfonamides is 1. The average molecular weight is 320 g/mol. The fraction of sp³-hybridized carbons (Fsp3) is 0.375. The molecule has 1 aliphatic heterocycles. The van der Waals surface area contributed by atoms with Gasteiger partial charge in [-0.05, 0) is 37.1 Å². The molecule has 118 valence electrons. The van der Waals surface area contributed by atoms with E-state index in [0.717, 1.165) is 5.56 Å². The van der Waals surface area contributed by atoms with Crippen LogP contribution in [0.4, 0.5) is 0 Å². The van der Waals surface area contributed by atoms with Crippen LogP contribution < -0.4 is 5.73 Å². The lowest BCUT2D eigenvalue weighted by atomic mass is 9.89. The van der Waals surface area contributed by atoms with E-state index in [1.54, 1.807) is 13.0 Å². The van der Waals surface area contributed by atoms with Crippen LogP contribution in [0.25, 0.3) is 0 Å². The summed E-state index contributed by atoms with van der Waals surface area (Å²) in [6.45, 7) is 3.06. The minimum atomic E-state index is -3.59. The number of rotatable bonds is 4. The van der Waals surface area contributed by atoms with Crippen LogP contribution in [0.3, 0.4) is 0 Å². The molecule has 2 heterocycles. The second kappa shape index (κ2) is 5.87. The molecular weight excluding hydrogens is 300 g/mol. The van der Waals surface area contributed by atoms with Crippen LogP contribution in [0.2, 0.25) is 0 Å². The van der Waals surface area contributed by atoms with E-state index in [9.17, 15) is 8.42 Å². The van der Waals surface area contributed by atoms with Crippen molar-refractivity contribution in [1.29, 1.82) is 0 Å². The number of aryl methyl sites for hydroxylation is 1. The van der Waals surface area contributed by atoms with Gasteiger partial charge in [0.25, 0.3) is 10.0 Å². The molecule has 2 atom stereocenters. The Morgan fingerprint density at radius 1 is 1.18 bits per heavy atom. The summed E-state index contributed by atoms with van der Waals surface area (Å²) in [5.74, 6) is 0.832. The van der Waals surface area contributed by atoms with E-state index in [4.69, 9.17) is 10.2 Å². The van der Waals surface area contributed by atoms with Crippen LogP contribution in [-0.4, -0.2) is 32.4 Å². The highest BCUT2D eigenvalue weighted by Gasteiger charge is 2.40. The van der Waals surface area contributed by atoms with E-state index in [2.05, 4.69) is 0 Å². The molecule has 22 heavy (non-hydrogen) atoms. The quantitative estimate of drug-likeness (QED) is 0.934. The predicted octanol–water partition coefficient (Wildman–Crippen LogP) is 1.95. The molecule has 0 radical (unpaired) electrons. The van der Waals surface area contributed by atoms with Crippen molar-refractivity contribution in [2.24, 2.45) is 11.7 Å². The number of nitrogens with two attached hydrogens (primary N) is 1. The molecular formula is C16H20N2O3S. The first kappa shape index (κ1) is 15.3. The highest BCUT2D eigenvalue weighted by atomic mass is 32.2. The number of hydrogen-bond acceptors (Lipinski definition) is 4. The summed E-state index contributed by atoms with van der Waals surface area (Å²) in [4.78, 5) is 0. The van der Waals surface area contributed by atoms with E-state index in [1.165, 1.54) is 10.4 Å². The van der Waals surface area contributed by atoms with Crippen molar-refractivity contribution in [2.75, 3.05) is 19.6 Å². The van der Waals surface area contributed by atoms with E-state index in [1.807, 2.05) is 30.3 Å². The van der Waals surface area contributed by atoms with Crippen molar-refractivity contribution in [3.63, 3.8) is 0 Å². The zero-order chi connectivity index (χ0) is 15.7. The largest absolute Gasteiger partial charge is 0.449 e. The standard InChI is InChI=1S/C16H20N2O3S/c1-12-7-8-16(21-12)22(19,20)18-10-14(9-17)15(11-18)13-5-3-2-4-6-13/h2-8,14-15H,9-11,17H2,1H3/t14-,15+/m1/s1. The van der Waals surface area contributed by atoms with Crippen molar-refractivity contribution in [3.05, 3.63) is 53.8 Å². The third-order valence-corrected chi connectivity index (χ3v) is 5.95. The summed E-state index contributed by atoms with van der Waals surface area (Å²) in [6, 6.07) is 13.1. The lowest BCUT2D eigenvalue weighted by molar-refractivity contribution is 0.394. The lowest BCUT2D eigenvalue weighted by Gasteiger charge is -2.16. The Morgan fingerprint density at radius 2 is 1.91 bits per heavy atom. The highest BCUT2D eigenvalue weighted by molar-refractivity contribution is 7.89. The fourth-order valence-electron chi connectivity index (χ4n) is 3.02. The van der Waals surface area contributed by atoms with Gasteiger partial charge in [-0.1, -0.05) is 30.3 Å². The molecule has 1 aromatic heterocycles. The summed E-state index contributed by atoms with van der Waals surface area (Å²) in [5, 5.41) is 0.00878. The van der Waals surface area contributed by atoms with Crippen LogP contribution in [0.15, 0.2) is 52.0 Å². The van der Waals surface area contributed by atoms with Gasteiger partial charge in [-0.25, -0.2) is 8.42 Å². The first-order valence-electron chi connectivity index (χ1n) is 7.34. The number of hydrogen-bond donors (Lipinski definition) is 1. The number of benzene rings is 1. The third-order valence-electron chi connectivity index (χ3n) is 4.25. The van der Waals surface area contributed by atoms with Crippen molar-refractivity contribution >= 4 is 10.0 Å². The monoisotopic (exact) mass is 320 g/mol. The van der Waals surface area contributed by atoms with Crippen molar-refractivity contribution in [1.82, 2.24) is 4.31 Å². The summed E-state index contributed by atoms with van der Waals surface area (Å²) in [5.41, 5.74) is 7.00. The molecule has 1 saturated heterocycles. The van der Waals surface area contributed by atoms with Crippen LogP contribution in [-0.2, 0) is 10.0 Å². The average Bonchev–Trinajstić information content (AvgIpc) is 3.14. The Bertz CT molecular complexity index is 740. The second-order valence-electron chi connectivity index (χ2n) is 5.70. The smallest absolute Gasteiger partial charge is 0.276 e. The number of furan rings is 1. The molecule has 6 heteroatoms. The molecule has 1 aliphatic rings. The van der Waals surface area contributed by atoms with E-state index in [-0.39, 0.29) is 16.9 Å². The first-order chi connectivity index (χ1) is 10.5. The molecule has 2 aromatic rings. The van der Waals surface area contributed by atoms with Crippen LogP contribution in [0.5, 0.6) is 0 Å². The molecule has 1 aromatic carbocycles. The summed E-state index contributed by atoms with van der Waals surface area (Å²) in [6.07, 6.45) is 0. The van der Waals surface area contributed by atoms with Gasteiger partial charge in [0.2, 0.25) is 5.09 Å². The summed E-state index contributed by atoms with van der Waals surface area (Å²) in [7, 11) is -3.59. The first-order valence-corrected chi connectivity index (χ1v) is 8.78. The van der Waals surface area contributed by atoms with Gasteiger partial charge in [0.15, 0.2) is 0 Å². The molecule has 5 nitrogen and oxygen atoms in total. The minimum Gasteiger partial charge on any atom is -0.449 e. The zero-order valence-corrected chi connectivity index (χ0v) is 13.3. The summed E-state index contributed by atoms with van der Waals surface area (Å²) < 4.78 is 32.2. The van der Waals surface area contributed by atoms with Crippen molar-refractivity contribution < 1.29 is 12.8 Å². The third kappa shape index (κ3) is 2.69. The van der Waals surface area contributed by atoms with Crippen LogP contribution >= 0.6 is 0 Å². The van der Waals surface area contributed by atoms with Crippen molar-refractivity contribution in [2.45, 2.75) is 17.9 Å². The van der Waals surface area contributed by atoms with E-state index < -0.39 is 10.0 Å². The Kier molecular flexibility index (Phi) is 4.08. The summed E-state index contributed by atoms with van der Waals surface area (Å²) >= 11 is 0. The Hall–Kier alpha value is -1.63. The van der Waals surface area contributed by atoms with Gasteiger partial charge < -0.3 is 10.2 Å². The molecule has 0 unspecified atom stereocenters. The van der Waals surface area contributed by atoms with Gasteiger partial charge in [-0.2, -0.15) is 4.31 Å². The maximum Gasteiger partial charge on any atom is 0.276 e. The van der Waals surface area contributed by atoms with Gasteiger partial charge in [0.1, 0.15) is 5.76 Å². The Morgan fingerprint density at radius 3 is 2.50 bits per heavy atom. The van der Waals surface area contributed by atoms with Gasteiger partial charge in [-0.3, -0.25) is 0 Å². The predicted molar refractivity (Wildman–Crippen MR) is 83.9 cm³/mol. The maximum atomic E-state index is 12.7. The maximum absolute atomic E-state index is 12.7. The van der Waals surface area contributed by atoms with Gasteiger partial charge in [0.05, 0.1) is 0 Å². The molecule has 0 aliphatic carbocycles. The van der Waals surface area contributed by atoms with E-state index in [0.29, 0.717) is 25.4 Å². The van der Waals surface area contributed by atoms with Crippen LogP contribution in [0, 0.1) is 12.8 Å². The second-order valence-corrected chi connectivity index (χ2v) is 7.57. The number of nitrogens with zero attached hydrogens (tertiary/aromatic N) is 1. The SMILES string of the molecule is Cc1ccc(S(=O)(=O)N2C[C@@H](CN)[C@H](c3ccccc3)C2)o1.